The summed E-state index contributed by atoms with van der Waals surface area (Å²) < 4.78 is 1.21. The Morgan fingerprint density at radius 1 is 1.29 bits per heavy atom. The van der Waals surface area contributed by atoms with Crippen molar-refractivity contribution in [3.05, 3.63) is 28.2 Å². The fourth-order valence-corrected chi connectivity index (χ4v) is 3.39. The predicted molar refractivity (Wildman–Crippen MR) is 81.8 cm³/mol. The maximum atomic E-state index is 3.67. The van der Waals surface area contributed by atoms with Gasteiger partial charge in [0.1, 0.15) is 0 Å². The van der Waals surface area contributed by atoms with Gasteiger partial charge in [-0.15, -0.1) is 11.8 Å². The number of thioether (sulfide) groups is 1. The topological polar surface area (TPSA) is 12.0 Å². The van der Waals surface area contributed by atoms with Gasteiger partial charge in [0.2, 0.25) is 0 Å². The SMILES string of the molecule is CCNC(C)c1ccc(SCC(C)C)cc1Br. The summed E-state index contributed by atoms with van der Waals surface area (Å²) in [4.78, 5) is 1.35. The molecule has 1 rings (SSSR count). The quantitative estimate of drug-likeness (QED) is 0.752. The van der Waals surface area contributed by atoms with Crippen LogP contribution in [0, 0.1) is 5.92 Å². The van der Waals surface area contributed by atoms with Gasteiger partial charge in [-0.1, -0.05) is 42.8 Å². The zero-order chi connectivity index (χ0) is 12.8. The van der Waals surface area contributed by atoms with Crippen molar-refractivity contribution in [1.82, 2.24) is 5.32 Å². The standard InChI is InChI=1S/C14H22BrNS/c1-5-16-11(4)13-7-6-12(8-14(13)15)17-9-10(2)3/h6-8,10-11,16H,5,9H2,1-4H3. The molecular formula is C14H22BrNS. The van der Waals surface area contributed by atoms with Crippen molar-refractivity contribution in [3.63, 3.8) is 0 Å². The van der Waals surface area contributed by atoms with E-state index in [1.165, 1.54) is 20.7 Å². The zero-order valence-electron chi connectivity index (χ0n) is 11.1. The molecule has 1 unspecified atom stereocenters. The molecule has 1 aromatic rings. The number of nitrogens with one attached hydrogen (secondary N) is 1. The molecule has 0 bridgehead atoms. The summed E-state index contributed by atoms with van der Waals surface area (Å²) >= 11 is 5.60. The number of halogens is 1. The molecule has 96 valence electrons. The Bertz CT molecular complexity index is 352. The Morgan fingerprint density at radius 3 is 2.53 bits per heavy atom. The van der Waals surface area contributed by atoms with E-state index >= 15 is 0 Å². The minimum absolute atomic E-state index is 0.401. The average Bonchev–Trinajstić information content (AvgIpc) is 2.26. The number of hydrogen-bond donors (Lipinski definition) is 1. The molecule has 1 atom stereocenters. The van der Waals surface area contributed by atoms with Gasteiger partial charge < -0.3 is 5.32 Å². The molecule has 0 saturated carbocycles. The lowest BCUT2D eigenvalue weighted by Gasteiger charge is -2.15. The van der Waals surface area contributed by atoms with Gasteiger partial charge in [-0.3, -0.25) is 0 Å². The van der Waals surface area contributed by atoms with Crippen LogP contribution in [0.4, 0.5) is 0 Å². The third kappa shape index (κ3) is 5.02. The van der Waals surface area contributed by atoms with Gasteiger partial charge in [0.25, 0.3) is 0 Å². The van der Waals surface area contributed by atoms with Crippen molar-refractivity contribution in [3.8, 4) is 0 Å². The minimum atomic E-state index is 0.401. The van der Waals surface area contributed by atoms with Crippen LogP contribution in [0.2, 0.25) is 0 Å². The first kappa shape index (κ1) is 15.1. The largest absolute Gasteiger partial charge is 0.310 e. The Hall–Kier alpha value is 0.01000. The highest BCUT2D eigenvalue weighted by atomic mass is 79.9. The summed E-state index contributed by atoms with van der Waals surface area (Å²) in [6.45, 7) is 9.84. The summed E-state index contributed by atoms with van der Waals surface area (Å²) in [5, 5.41) is 3.44. The van der Waals surface area contributed by atoms with Crippen LogP contribution in [0.1, 0.15) is 39.3 Å². The molecule has 0 aromatic heterocycles. The maximum Gasteiger partial charge on any atom is 0.0302 e. The number of hydrogen-bond acceptors (Lipinski definition) is 2. The smallest absolute Gasteiger partial charge is 0.0302 e. The lowest BCUT2D eigenvalue weighted by Crippen LogP contribution is -2.18. The predicted octanol–water partition coefficient (Wildman–Crippen LogP) is 4.87. The molecule has 0 radical (unpaired) electrons. The van der Waals surface area contributed by atoms with E-state index < -0.39 is 0 Å². The van der Waals surface area contributed by atoms with Crippen molar-refractivity contribution >= 4 is 27.7 Å². The summed E-state index contributed by atoms with van der Waals surface area (Å²) in [6.07, 6.45) is 0. The number of benzene rings is 1. The van der Waals surface area contributed by atoms with E-state index in [1.54, 1.807) is 0 Å². The molecule has 1 nitrogen and oxygen atoms in total. The van der Waals surface area contributed by atoms with E-state index in [2.05, 4.69) is 67.1 Å². The van der Waals surface area contributed by atoms with Crippen LogP contribution in [0.3, 0.4) is 0 Å². The van der Waals surface area contributed by atoms with Crippen LogP contribution >= 0.6 is 27.7 Å². The Labute approximate surface area is 118 Å². The minimum Gasteiger partial charge on any atom is -0.310 e. The highest BCUT2D eigenvalue weighted by molar-refractivity contribution is 9.10. The van der Waals surface area contributed by atoms with Crippen LogP contribution in [0.15, 0.2) is 27.6 Å². The lowest BCUT2D eigenvalue weighted by atomic mass is 10.1. The normalized spacial score (nSPS) is 13.1. The fourth-order valence-electron chi connectivity index (χ4n) is 1.63. The highest BCUT2D eigenvalue weighted by Crippen LogP contribution is 2.29. The van der Waals surface area contributed by atoms with Gasteiger partial charge in [-0.25, -0.2) is 0 Å². The summed E-state index contributed by atoms with van der Waals surface area (Å²) in [5.41, 5.74) is 1.33. The second-order valence-corrected chi connectivity index (χ2v) is 6.62. The van der Waals surface area contributed by atoms with Gasteiger partial charge in [-0.2, -0.15) is 0 Å². The third-order valence-electron chi connectivity index (χ3n) is 2.53. The molecule has 1 aromatic carbocycles. The van der Waals surface area contributed by atoms with Crippen molar-refractivity contribution in [2.75, 3.05) is 12.3 Å². The van der Waals surface area contributed by atoms with E-state index in [9.17, 15) is 0 Å². The van der Waals surface area contributed by atoms with Gasteiger partial charge >= 0.3 is 0 Å². The summed E-state index contributed by atoms with van der Waals surface area (Å²) in [7, 11) is 0. The molecule has 1 N–H and O–H groups in total. The highest BCUT2D eigenvalue weighted by Gasteiger charge is 2.09. The first-order valence-corrected chi connectivity index (χ1v) is 7.98. The molecule has 0 heterocycles. The van der Waals surface area contributed by atoms with E-state index in [0.29, 0.717) is 6.04 Å². The van der Waals surface area contributed by atoms with Gasteiger partial charge in [-0.05, 0) is 37.1 Å². The molecular weight excluding hydrogens is 294 g/mol. The van der Waals surface area contributed by atoms with E-state index in [4.69, 9.17) is 0 Å². The average molecular weight is 316 g/mol. The molecule has 17 heavy (non-hydrogen) atoms. The van der Waals surface area contributed by atoms with Crippen molar-refractivity contribution in [1.29, 1.82) is 0 Å². The zero-order valence-corrected chi connectivity index (χ0v) is 13.5. The number of rotatable bonds is 6. The van der Waals surface area contributed by atoms with E-state index in [1.807, 2.05) is 11.8 Å². The molecule has 0 amide bonds. The van der Waals surface area contributed by atoms with Crippen LogP contribution in [0.25, 0.3) is 0 Å². The first-order chi connectivity index (χ1) is 8.04. The lowest BCUT2D eigenvalue weighted by molar-refractivity contribution is 0.595. The molecule has 3 heteroatoms. The first-order valence-electron chi connectivity index (χ1n) is 6.20. The van der Waals surface area contributed by atoms with Crippen molar-refractivity contribution in [2.45, 2.75) is 38.6 Å². The Morgan fingerprint density at radius 2 is 2.00 bits per heavy atom. The van der Waals surface area contributed by atoms with E-state index in [-0.39, 0.29) is 0 Å². The van der Waals surface area contributed by atoms with Gasteiger partial charge in [0, 0.05) is 21.2 Å². The van der Waals surface area contributed by atoms with Crippen LogP contribution < -0.4 is 5.32 Å². The third-order valence-corrected chi connectivity index (χ3v) is 4.64. The fraction of sp³-hybridized carbons (Fsp3) is 0.571. The van der Waals surface area contributed by atoms with E-state index in [0.717, 1.165) is 12.5 Å². The molecule has 0 saturated heterocycles. The molecule has 0 aliphatic heterocycles. The molecule has 0 fully saturated rings. The van der Waals surface area contributed by atoms with Crippen LogP contribution in [-0.2, 0) is 0 Å². The van der Waals surface area contributed by atoms with Crippen LogP contribution in [0.5, 0.6) is 0 Å². The molecule has 0 aliphatic rings. The molecule has 0 aliphatic carbocycles. The maximum absolute atomic E-state index is 3.67. The second-order valence-electron chi connectivity index (χ2n) is 4.67. The Kier molecular flexibility index (Phi) is 6.60. The van der Waals surface area contributed by atoms with Gasteiger partial charge in [0.05, 0.1) is 0 Å². The molecule has 0 spiro atoms. The van der Waals surface area contributed by atoms with Crippen molar-refractivity contribution in [2.24, 2.45) is 5.92 Å². The van der Waals surface area contributed by atoms with Gasteiger partial charge in [0.15, 0.2) is 0 Å². The second kappa shape index (κ2) is 7.45. The van der Waals surface area contributed by atoms with Crippen LogP contribution in [-0.4, -0.2) is 12.3 Å². The Balaban J connectivity index is 2.72. The summed E-state index contributed by atoms with van der Waals surface area (Å²) in [6, 6.07) is 7.08. The monoisotopic (exact) mass is 315 g/mol. The summed E-state index contributed by atoms with van der Waals surface area (Å²) in [5.74, 6) is 1.91. The van der Waals surface area contributed by atoms with Crippen molar-refractivity contribution < 1.29 is 0 Å².